The number of hydrogen-bond acceptors (Lipinski definition) is 2. The van der Waals surface area contributed by atoms with E-state index in [2.05, 4.69) is 0 Å². The smallest absolute Gasteiger partial charge is 0.0824 e. The van der Waals surface area contributed by atoms with Crippen LogP contribution in [0.1, 0.15) is 19.8 Å². The molecule has 0 radical (unpaired) electrons. The summed E-state index contributed by atoms with van der Waals surface area (Å²) < 4.78 is 0. The van der Waals surface area contributed by atoms with Gasteiger partial charge in [0.25, 0.3) is 0 Å². The van der Waals surface area contributed by atoms with Crippen molar-refractivity contribution in [3.05, 3.63) is 0 Å². The van der Waals surface area contributed by atoms with Gasteiger partial charge in [-0.1, -0.05) is 6.92 Å². The molecule has 3 atom stereocenters. The monoisotopic (exact) mass is 116 g/mol. The molecule has 0 heterocycles. The second-order valence-electron chi connectivity index (χ2n) is 2.61. The topological polar surface area (TPSA) is 40.5 Å². The summed E-state index contributed by atoms with van der Waals surface area (Å²) in [5.74, 6) is 0.296. The van der Waals surface area contributed by atoms with E-state index in [-0.39, 0.29) is 0 Å². The maximum absolute atomic E-state index is 9.02. The van der Waals surface area contributed by atoms with Crippen molar-refractivity contribution in [1.29, 1.82) is 0 Å². The van der Waals surface area contributed by atoms with Crippen molar-refractivity contribution in [3.63, 3.8) is 0 Å². The summed E-state index contributed by atoms with van der Waals surface area (Å²) in [5, 5.41) is 17.9. The molecule has 0 spiro atoms. The lowest BCUT2D eigenvalue weighted by molar-refractivity contribution is 0.0245. The van der Waals surface area contributed by atoms with E-state index in [0.717, 1.165) is 12.8 Å². The summed E-state index contributed by atoms with van der Waals surface area (Å²) in [6, 6.07) is 0. The van der Waals surface area contributed by atoms with Gasteiger partial charge in [0.15, 0.2) is 0 Å². The zero-order valence-electron chi connectivity index (χ0n) is 5.04. The Morgan fingerprint density at radius 2 is 1.88 bits per heavy atom. The summed E-state index contributed by atoms with van der Waals surface area (Å²) in [6.07, 6.45) is 0.810. The molecule has 1 saturated carbocycles. The van der Waals surface area contributed by atoms with Gasteiger partial charge in [0.05, 0.1) is 12.2 Å². The Bertz CT molecular complexity index is 72.6. The van der Waals surface area contributed by atoms with Gasteiger partial charge in [-0.2, -0.15) is 0 Å². The van der Waals surface area contributed by atoms with E-state index in [0.29, 0.717) is 5.92 Å². The molecule has 1 aliphatic carbocycles. The van der Waals surface area contributed by atoms with Crippen LogP contribution in [0.25, 0.3) is 0 Å². The largest absolute Gasteiger partial charge is 0.390 e. The zero-order valence-corrected chi connectivity index (χ0v) is 5.04. The third kappa shape index (κ3) is 0.858. The van der Waals surface area contributed by atoms with Crippen LogP contribution in [-0.4, -0.2) is 22.4 Å². The number of hydrogen-bond donors (Lipinski definition) is 2. The van der Waals surface area contributed by atoms with E-state index in [1.54, 1.807) is 0 Å². The van der Waals surface area contributed by atoms with Crippen LogP contribution in [0, 0.1) is 5.92 Å². The van der Waals surface area contributed by atoms with Crippen LogP contribution >= 0.6 is 0 Å². The van der Waals surface area contributed by atoms with Gasteiger partial charge in [-0.25, -0.2) is 0 Å². The lowest BCUT2D eigenvalue weighted by atomic mass is 10.1. The molecule has 0 amide bonds. The van der Waals surface area contributed by atoms with E-state index in [1.165, 1.54) is 0 Å². The highest BCUT2D eigenvalue weighted by Crippen LogP contribution is 2.24. The highest BCUT2D eigenvalue weighted by atomic mass is 16.3. The first-order chi connectivity index (χ1) is 3.72. The fourth-order valence-electron chi connectivity index (χ4n) is 1.15. The lowest BCUT2D eigenvalue weighted by Gasteiger charge is -2.09. The van der Waals surface area contributed by atoms with Gasteiger partial charge in [-0.15, -0.1) is 0 Å². The Kier molecular flexibility index (Phi) is 1.54. The molecule has 0 saturated heterocycles. The van der Waals surface area contributed by atoms with Crippen LogP contribution in [0.3, 0.4) is 0 Å². The second-order valence-corrected chi connectivity index (χ2v) is 2.61. The maximum Gasteiger partial charge on any atom is 0.0824 e. The molecular formula is C6H12O2. The van der Waals surface area contributed by atoms with Crippen LogP contribution in [-0.2, 0) is 0 Å². The Hall–Kier alpha value is -0.0800. The quantitative estimate of drug-likeness (QED) is 0.472. The fraction of sp³-hybridized carbons (Fsp3) is 1.00. The molecule has 0 aromatic heterocycles. The van der Waals surface area contributed by atoms with Crippen LogP contribution in [0.4, 0.5) is 0 Å². The molecule has 1 aliphatic rings. The minimum atomic E-state index is -0.463. The van der Waals surface area contributed by atoms with Gasteiger partial charge in [0, 0.05) is 0 Å². The standard InChI is InChI=1S/C6H12O2/c1-4-2-3-5(7)6(4)8/h4-8H,2-3H2,1H3/t4-,5+,6-/m1/s1. The molecule has 1 rings (SSSR count). The van der Waals surface area contributed by atoms with Gasteiger partial charge in [0.1, 0.15) is 0 Å². The highest BCUT2D eigenvalue weighted by molar-refractivity contribution is 4.80. The minimum Gasteiger partial charge on any atom is -0.390 e. The molecule has 2 heteroatoms. The van der Waals surface area contributed by atoms with E-state index in [4.69, 9.17) is 10.2 Å². The van der Waals surface area contributed by atoms with Crippen molar-refractivity contribution in [2.24, 2.45) is 5.92 Å². The van der Waals surface area contributed by atoms with E-state index >= 15 is 0 Å². The molecule has 0 aliphatic heterocycles. The summed E-state index contributed by atoms with van der Waals surface area (Å²) in [7, 11) is 0. The molecule has 0 aromatic carbocycles. The fourth-order valence-corrected chi connectivity index (χ4v) is 1.15. The molecule has 0 bridgehead atoms. The van der Waals surface area contributed by atoms with Gasteiger partial charge in [0.2, 0.25) is 0 Å². The highest BCUT2D eigenvalue weighted by Gasteiger charge is 2.29. The Balaban J connectivity index is 2.44. The van der Waals surface area contributed by atoms with Gasteiger partial charge >= 0.3 is 0 Å². The molecule has 1 fully saturated rings. The first-order valence-corrected chi connectivity index (χ1v) is 3.08. The van der Waals surface area contributed by atoms with E-state index < -0.39 is 12.2 Å². The second kappa shape index (κ2) is 2.03. The zero-order chi connectivity index (χ0) is 6.15. The molecule has 2 nitrogen and oxygen atoms in total. The molecule has 0 unspecified atom stereocenters. The van der Waals surface area contributed by atoms with Gasteiger partial charge < -0.3 is 10.2 Å². The molecule has 48 valence electrons. The Morgan fingerprint density at radius 3 is 2.00 bits per heavy atom. The number of aliphatic hydroxyl groups is 2. The average Bonchev–Trinajstić information content (AvgIpc) is 1.98. The van der Waals surface area contributed by atoms with Crippen molar-refractivity contribution in [2.45, 2.75) is 32.0 Å². The van der Waals surface area contributed by atoms with Crippen molar-refractivity contribution in [2.75, 3.05) is 0 Å². The summed E-state index contributed by atoms with van der Waals surface area (Å²) >= 11 is 0. The first kappa shape index (κ1) is 6.05. The van der Waals surface area contributed by atoms with Crippen molar-refractivity contribution in [1.82, 2.24) is 0 Å². The summed E-state index contributed by atoms with van der Waals surface area (Å²) in [6.45, 7) is 1.96. The van der Waals surface area contributed by atoms with Gasteiger partial charge in [-0.05, 0) is 18.8 Å². The predicted molar refractivity (Wildman–Crippen MR) is 30.4 cm³/mol. The van der Waals surface area contributed by atoms with Crippen molar-refractivity contribution >= 4 is 0 Å². The maximum atomic E-state index is 9.02. The first-order valence-electron chi connectivity index (χ1n) is 3.08. The van der Waals surface area contributed by atoms with Crippen LogP contribution < -0.4 is 0 Å². The summed E-state index contributed by atoms with van der Waals surface area (Å²) in [4.78, 5) is 0. The van der Waals surface area contributed by atoms with E-state index in [9.17, 15) is 0 Å². The predicted octanol–water partition coefficient (Wildman–Crippen LogP) is 0.138. The number of aliphatic hydroxyl groups excluding tert-OH is 2. The Morgan fingerprint density at radius 1 is 1.25 bits per heavy atom. The third-order valence-electron chi connectivity index (χ3n) is 1.90. The van der Waals surface area contributed by atoms with Crippen molar-refractivity contribution < 1.29 is 10.2 Å². The molecule has 8 heavy (non-hydrogen) atoms. The average molecular weight is 116 g/mol. The van der Waals surface area contributed by atoms with Crippen LogP contribution in [0.15, 0.2) is 0 Å². The van der Waals surface area contributed by atoms with Crippen LogP contribution in [0.2, 0.25) is 0 Å². The molecule has 0 aromatic rings. The molecular weight excluding hydrogens is 104 g/mol. The third-order valence-corrected chi connectivity index (χ3v) is 1.90. The van der Waals surface area contributed by atoms with E-state index in [1.807, 2.05) is 6.92 Å². The van der Waals surface area contributed by atoms with Crippen molar-refractivity contribution in [3.8, 4) is 0 Å². The lowest BCUT2D eigenvalue weighted by Crippen LogP contribution is -2.22. The SMILES string of the molecule is C[C@@H]1CC[C@H](O)[C@@H]1O. The summed E-state index contributed by atoms with van der Waals surface area (Å²) in [5.41, 5.74) is 0. The molecule has 2 N–H and O–H groups in total. The number of rotatable bonds is 0. The normalized spacial score (nSPS) is 47.6. The van der Waals surface area contributed by atoms with Crippen LogP contribution in [0.5, 0.6) is 0 Å². The minimum absolute atomic E-state index is 0.296. The van der Waals surface area contributed by atoms with Gasteiger partial charge in [-0.3, -0.25) is 0 Å². The Labute approximate surface area is 49.1 Å².